The molecule has 0 fully saturated rings. The van der Waals surface area contributed by atoms with E-state index in [1.165, 1.54) is 49.3 Å². The van der Waals surface area contributed by atoms with Crippen LogP contribution in [0, 0.1) is 17.1 Å². The molecule has 0 aliphatic rings. The summed E-state index contributed by atoms with van der Waals surface area (Å²) in [4.78, 5) is 38.3. The van der Waals surface area contributed by atoms with Crippen LogP contribution in [0.3, 0.4) is 0 Å². The van der Waals surface area contributed by atoms with Crippen LogP contribution in [0.2, 0.25) is 0 Å². The lowest BCUT2D eigenvalue weighted by atomic mass is 9.97. The maximum absolute atomic E-state index is 15.3. The van der Waals surface area contributed by atoms with Crippen molar-refractivity contribution in [2.45, 2.75) is 13.0 Å². The Bertz CT molecular complexity index is 1630. The summed E-state index contributed by atoms with van der Waals surface area (Å²) in [5.41, 5.74) is -0.603. The number of nitriles is 1. The minimum Gasteiger partial charge on any atom is -0.422 e. The molecule has 0 bridgehead atoms. The first-order chi connectivity index (χ1) is 19.0. The quantitative estimate of drug-likeness (QED) is 0.193. The zero-order valence-corrected chi connectivity index (χ0v) is 22.6. The van der Waals surface area contributed by atoms with Crippen LogP contribution in [0.5, 0.6) is 5.75 Å². The Balaban J connectivity index is 2.04. The molecule has 0 atom stereocenters. The molecule has 15 heteroatoms. The van der Waals surface area contributed by atoms with E-state index in [9.17, 15) is 22.8 Å². The Hall–Kier alpha value is -4.52. The number of anilines is 1. The molecule has 0 saturated heterocycles. The summed E-state index contributed by atoms with van der Waals surface area (Å²) < 4.78 is 53.9. The predicted octanol–water partition coefficient (Wildman–Crippen LogP) is 1.19. The average Bonchev–Trinajstić information content (AvgIpc) is 2.90. The van der Waals surface area contributed by atoms with E-state index in [-0.39, 0.29) is 54.2 Å². The zero-order chi connectivity index (χ0) is 29.4. The second kappa shape index (κ2) is 13.0. The number of hydrogen-bond donors (Lipinski definition) is 4. The summed E-state index contributed by atoms with van der Waals surface area (Å²) in [6.07, 6.45) is -0.915. The lowest BCUT2D eigenvalue weighted by Gasteiger charge is -2.15. The molecule has 3 aromatic rings. The molecular formula is C25H27FN6O7S. The maximum atomic E-state index is 15.3. The van der Waals surface area contributed by atoms with Gasteiger partial charge in [0.25, 0.3) is 10.2 Å². The summed E-state index contributed by atoms with van der Waals surface area (Å²) in [5.74, 6) is -1.22. The maximum Gasteiger partial charge on any atom is 0.414 e. The highest BCUT2D eigenvalue weighted by molar-refractivity contribution is 7.90. The molecule has 0 aliphatic carbocycles. The fraction of sp³-hybridized carbons (Fsp3) is 0.280. The highest BCUT2D eigenvalue weighted by Gasteiger charge is 2.20. The second-order valence-corrected chi connectivity index (χ2v) is 10.2. The summed E-state index contributed by atoms with van der Waals surface area (Å²) in [6.45, 7) is -0.385. The first-order valence-corrected chi connectivity index (χ1v) is 13.2. The topological polar surface area (TPSA) is 183 Å². The number of amides is 2. The fourth-order valence-corrected chi connectivity index (χ4v) is 4.15. The number of hydrogen-bond acceptors (Lipinski definition) is 9. The molecule has 0 spiro atoms. The van der Waals surface area contributed by atoms with Gasteiger partial charge in [-0.3, -0.25) is 9.52 Å². The van der Waals surface area contributed by atoms with Gasteiger partial charge in [-0.2, -0.15) is 13.7 Å². The third-order valence-electron chi connectivity index (χ3n) is 5.57. The van der Waals surface area contributed by atoms with Gasteiger partial charge in [0.05, 0.1) is 18.3 Å². The molecule has 1 aromatic heterocycles. The van der Waals surface area contributed by atoms with Gasteiger partial charge in [-0.25, -0.2) is 18.7 Å². The molecule has 0 radical (unpaired) electrons. The Labute approximate surface area is 229 Å². The molecule has 0 unspecified atom stereocenters. The van der Waals surface area contributed by atoms with E-state index in [0.717, 1.165) is 7.05 Å². The Kier molecular flexibility index (Phi) is 9.78. The zero-order valence-electron chi connectivity index (χ0n) is 21.8. The van der Waals surface area contributed by atoms with Crippen LogP contribution >= 0.6 is 0 Å². The van der Waals surface area contributed by atoms with Gasteiger partial charge in [0.15, 0.2) is 5.82 Å². The number of nitrogens with zero attached hydrogens (tertiary/aromatic N) is 2. The first-order valence-electron chi connectivity index (χ1n) is 11.8. The van der Waals surface area contributed by atoms with Crippen LogP contribution in [0.15, 0.2) is 45.6 Å². The van der Waals surface area contributed by atoms with E-state index in [1.54, 1.807) is 12.1 Å². The SMILES string of the molecule is CNS(=O)(=O)Nc1cccc(Cc2c(CNCC(=O)NCC#N)c3ccc(OC(=O)N(C)C)cc3oc2=O)c1F. The van der Waals surface area contributed by atoms with Crippen LogP contribution in [-0.4, -0.2) is 59.6 Å². The van der Waals surface area contributed by atoms with E-state index < -0.39 is 33.7 Å². The minimum atomic E-state index is -4.00. The largest absolute Gasteiger partial charge is 0.422 e. The van der Waals surface area contributed by atoms with Gasteiger partial charge in [0, 0.05) is 51.1 Å². The lowest BCUT2D eigenvalue weighted by molar-refractivity contribution is -0.120. The van der Waals surface area contributed by atoms with Crippen LogP contribution < -0.4 is 30.4 Å². The van der Waals surface area contributed by atoms with E-state index in [1.807, 2.05) is 4.72 Å². The van der Waals surface area contributed by atoms with E-state index in [4.69, 9.17) is 14.4 Å². The molecular weight excluding hydrogens is 547 g/mol. The van der Waals surface area contributed by atoms with Crippen molar-refractivity contribution in [3.05, 3.63) is 69.3 Å². The van der Waals surface area contributed by atoms with Gasteiger partial charge in [-0.15, -0.1) is 0 Å². The van der Waals surface area contributed by atoms with Gasteiger partial charge in [0.2, 0.25) is 5.91 Å². The van der Waals surface area contributed by atoms with Gasteiger partial charge >= 0.3 is 11.7 Å². The molecule has 4 N–H and O–H groups in total. The van der Waals surface area contributed by atoms with Crippen molar-refractivity contribution < 1.29 is 31.6 Å². The minimum absolute atomic E-state index is 0.00694. The van der Waals surface area contributed by atoms with Gasteiger partial charge in [0.1, 0.15) is 17.9 Å². The predicted molar refractivity (Wildman–Crippen MR) is 143 cm³/mol. The lowest BCUT2D eigenvalue weighted by Crippen LogP contribution is -2.34. The van der Waals surface area contributed by atoms with Gasteiger partial charge < -0.3 is 24.7 Å². The van der Waals surface area contributed by atoms with Crippen molar-refractivity contribution in [3.63, 3.8) is 0 Å². The average molecular weight is 575 g/mol. The summed E-state index contributed by atoms with van der Waals surface area (Å²) in [6, 6.07) is 10.3. The van der Waals surface area contributed by atoms with E-state index in [2.05, 4.69) is 15.4 Å². The number of nitrogens with one attached hydrogen (secondary N) is 4. The molecule has 13 nitrogen and oxygen atoms in total. The van der Waals surface area contributed by atoms with Crippen LogP contribution in [0.4, 0.5) is 14.9 Å². The number of halogens is 1. The molecule has 1 heterocycles. The summed E-state index contributed by atoms with van der Waals surface area (Å²) >= 11 is 0. The number of rotatable bonds is 11. The van der Waals surface area contributed by atoms with Crippen molar-refractivity contribution in [2.24, 2.45) is 0 Å². The third kappa shape index (κ3) is 7.53. The molecule has 3 rings (SSSR count). The second-order valence-electron chi connectivity index (χ2n) is 8.57. The molecule has 0 aliphatic heterocycles. The Morgan fingerprint density at radius 2 is 1.93 bits per heavy atom. The van der Waals surface area contributed by atoms with Crippen molar-refractivity contribution in [1.29, 1.82) is 5.26 Å². The highest BCUT2D eigenvalue weighted by atomic mass is 32.2. The highest BCUT2D eigenvalue weighted by Crippen LogP contribution is 2.28. The number of fused-ring (bicyclic) bond motifs is 1. The molecule has 0 saturated carbocycles. The molecule has 2 amide bonds. The van der Waals surface area contributed by atoms with E-state index in [0.29, 0.717) is 10.9 Å². The summed E-state index contributed by atoms with van der Waals surface area (Å²) in [5, 5.41) is 14.3. The first kappa shape index (κ1) is 30.0. The smallest absolute Gasteiger partial charge is 0.414 e. The Morgan fingerprint density at radius 3 is 2.60 bits per heavy atom. The van der Waals surface area contributed by atoms with Gasteiger partial charge in [-0.05, 0) is 29.3 Å². The van der Waals surface area contributed by atoms with E-state index >= 15 is 4.39 Å². The fourth-order valence-electron chi connectivity index (χ4n) is 3.60. The van der Waals surface area contributed by atoms with Gasteiger partial charge in [-0.1, -0.05) is 12.1 Å². The normalized spacial score (nSPS) is 11.1. The number of carbonyl (C=O) groups is 2. The van der Waals surface area contributed by atoms with Crippen molar-refractivity contribution in [1.82, 2.24) is 20.3 Å². The van der Waals surface area contributed by atoms with Crippen molar-refractivity contribution in [2.75, 3.05) is 39.0 Å². The molecule has 40 heavy (non-hydrogen) atoms. The summed E-state index contributed by atoms with van der Waals surface area (Å²) in [7, 11) is 0.170. The monoisotopic (exact) mass is 574 g/mol. The third-order valence-corrected chi connectivity index (χ3v) is 6.60. The van der Waals surface area contributed by atoms with Crippen LogP contribution in [0.1, 0.15) is 16.7 Å². The van der Waals surface area contributed by atoms with Crippen molar-refractivity contribution in [3.8, 4) is 11.8 Å². The number of carbonyl (C=O) groups excluding carboxylic acids is 2. The molecule has 2 aromatic carbocycles. The van der Waals surface area contributed by atoms with Crippen molar-refractivity contribution >= 4 is 38.9 Å². The number of benzene rings is 2. The Morgan fingerprint density at radius 1 is 1.18 bits per heavy atom. The van der Waals surface area contributed by atoms with Crippen LogP contribution in [-0.2, 0) is 28.0 Å². The standard InChI is InChI=1S/C25H27FN6O7S/c1-28-40(36,37)31-20-6-4-5-15(23(20)26)11-18-19(13-29-14-22(33)30-10-9-27)17-8-7-16(38-25(35)32(2)3)12-21(17)39-24(18)34/h4-8,12,28-29,31H,10-11,13-14H2,1-3H3,(H,30,33). The van der Waals surface area contributed by atoms with Crippen LogP contribution in [0.25, 0.3) is 11.0 Å². The molecule has 212 valence electrons. The number of ether oxygens (including phenoxy) is 1.